The molecule has 1 aromatic heterocycles. The Labute approximate surface area is 169 Å². The van der Waals surface area contributed by atoms with Crippen LogP contribution in [0.5, 0.6) is 0 Å². The van der Waals surface area contributed by atoms with Gasteiger partial charge in [0.15, 0.2) is 0 Å². The number of carbonyl (C=O) groups is 2. The number of amides is 2. The number of thioether (sulfide) groups is 1. The highest BCUT2D eigenvalue weighted by Gasteiger charge is 2.24. The number of aryl methyl sites for hydroxylation is 1. The molecule has 0 bridgehead atoms. The van der Waals surface area contributed by atoms with E-state index in [0.29, 0.717) is 17.8 Å². The summed E-state index contributed by atoms with van der Waals surface area (Å²) in [6.45, 7) is 6.31. The van der Waals surface area contributed by atoms with Crippen molar-refractivity contribution in [1.82, 2.24) is 10.3 Å². The summed E-state index contributed by atoms with van der Waals surface area (Å²) < 4.78 is 0. The van der Waals surface area contributed by atoms with Crippen LogP contribution in [0.1, 0.15) is 41.4 Å². The van der Waals surface area contributed by atoms with Crippen LogP contribution < -0.4 is 15.5 Å². The van der Waals surface area contributed by atoms with Crippen LogP contribution in [0.25, 0.3) is 0 Å². The number of benzene rings is 1. The summed E-state index contributed by atoms with van der Waals surface area (Å²) in [5, 5.41) is 5.75. The second-order valence-electron chi connectivity index (χ2n) is 7.27. The van der Waals surface area contributed by atoms with Gasteiger partial charge in [0.1, 0.15) is 5.82 Å². The van der Waals surface area contributed by atoms with Crippen LogP contribution in [0.4, 0.5) is 11.5 Å². The van der Waals surface area contributed by atoms with E-state index >= 15 is 0 Å². The molecule has 1 fully saturated rings. The molecule has 2 aromatic rings. The molecule has 0 saturated carbocycles. The lowest BCUT2D eigenvalue weighted by Crippen LogP contribution is -2.28. The second kappa shape index (κ2) is 7.83. The third-order valence-electron chi connectivity index (χ3n) is 5.11. The van der Waals surface area contributed by atoms with Crippen LogP contribution in [-0.4, -0.2) is 35.1 Å². The molecule has 2 amide bonds. The minimum atomic E-state index is -0.159. The molecule has 1 saturated heterocycles. The zero-order chi connectivity index (χ0) is 19.7. The topological polar surface area (TPSA) is 74.3 Å². The van der Waals surface area contributed by atoms with E-state index < -0.39 is 0 Å². The lowest BCUT2D eigenvalue weighted by molar-refractivity contribution is -0.115. The van der Waals surface area contributed by atoms with E-state index in [1.54, 1.807) is 12.1 Å². The zero-order valence-electron chi connectivity index (χ0n) is 16.1. The Bertz CT molecular complexity index is 925. The van der Waals surface area contributed by atoms with Gasteiger partial charge in [0, 0.05) is 41.4 Å². The van der Waals surface area contributed by atoms with Gasteiger partial charge in [0.25, 0.3) is 5.91 Å². The molecule has 1 aromatic carbocycles. The number of rotatable bonds is 4. The SMILES string of the molecule is Cc1ccc(CNC(=O)c2ccc3c(c2)NC(=O)[C@H](C)S3)c(N2CCCC2)n1. The quantitative estimate of drug-likeness (QED) is 0.829. The maximum Gasteiger partial charge on any atom is 0.251 e. The third-order valence-corrected chi connectivity index (χ3v) is 6.29. The van der Waals surface area contributed by atoms with Gasteiger partial charge in [0.05, 0.1) is 10.9 Å². The maximum atomic E-state index is 12.7. The standard InChI is InChI=1S/C21H24N4O2S/c1-13-5-6-16(19(23-13)25-9-3-4-10-25)12-22-21(27)15-7-8-18-17(11-15)24-20(26)14(2)28-18/h5-8,11,14H,3-4,9-10,12H2,1-2H3,(H,22,27)(H,24,26)/t14-/m0/s1. The fourth-order valence-electron chi connectivity index (χ4n) is 3.54. The molecular formula is C21H24N4O2S. The first-order valence-corrected chi connectivity index (χ1v) is 10.5. The van der Waals surface area contributed by atoms with E-state index in [1.807, 2.05) is 32.0 Å². The molecule has 0 spiro atoms. The summed E-state index contributed by atoms with van der Waals surface area (Å²) in [6, 6.07) is 9.47. The van der Waals surface area contributed by atoms with E-state index in [0.717, 1.165) is 35.1 Å². The molecule has 3 heterocycles. The molecule has 7 heteroatoms. The van der Waals surface area contributed by atoms with Crippen LogP contribution in [0.15, 0.2) is 35.2 Å². The number of aromatic nitrogens is 1. The molecule has 0 unspecified atom stereocenters. The van der Waals surface area contributed by atoms with Crippen LogP contribution >= 0.6 is 11.8 Å². The number of nitrogens with zero attached hydrogens (tertiary/aromatic N) is 2. The number of fused-ring (bicyclic) bond motifs is 1. The van der Waals surface area contributed by atoms with Crippen molar-refractivity contribution in [3.8, 4) is 0 Å². The maximum absolute atomic E-state index is 12.7. The molecule has 2 N–H and O–H groups in total. The highest BCUT2D eigenvalue weighted by molar-refractivity contribution is 8.00. The van der Waals surface area contributed by atoms with Gasteiger partial charge in [-0.25, -0.2) is 4.98 Å². The molecule has 2 aliphatic heterocycles. The average Bonchev–Trinajstić information content (AvgIpc) is 3.22. The molecule has 2 aliphatic rings. The summed E-state index contributed by atoms with van der Waals surface area (Å²) in [4.78, 5) is 32.6. The van der Waals surface area contributed by atoms with Crippen molar-refractivity contribution in [2.24, 2.45) is 0 Å². The minimum Gasteiger partial charge on any atom is -0.356 e. The van der Waals surface area contributed by atoms with Gasteiger partial charge in [0.2, 0.25) is 5.91 Å². The Morgan fingerprint density at radius 3 is 2.86 bits per heavy atom. The third kappa shape index (κ3) is 3.85. The van der Waals surface area contributed by atoms with Gasteiger partial charge in [-0.3, -0.25) is 9.59 Å². The van der Waals surface area contributed by atoms with Crippen LogP contribution in [0.3, 0.4) is 0 Å². The Balaban J connectivity index is 1.48. The van der Waals surface area contributed by atoms with Crippen molar-refractivity contribution in [1.29, 1.82) is 0 Å². The lowest BCUT2D eigenvalue weighted by atomic mass is 10.1. The van der Waals surface area contributed by atoms with Gasteiger partial charge in [-0.15, -0.1) is 11.8 Å². The minimum absolute atomic E-state index is 0.0314. The average molecular weight is 397 g/mol. The number of nitrogens with one attached hydrogen (secondary N) is 2. The molecule has 28 heavy (non-hydrogen) atoms. The number of anilines is 2. The Morgan fingerprint density at radius 2 is 2.07 bits per heavy atom. The zero-order valence-corrected chi connectivity index (χ0v) is 16.9. The normalized spacial score (nSPS) is 18.6. The molecule has 146 valence electrons. The summed E-state index contributed by atoms with van der Waals surface area (Å²) in [6.07, 6.45) is 2.36. The highest BCUT2D eigenvalue weighted by atomic mass is 32.2. The van der Waals surface area contributed by atoms with E-state index in [9.17, 15) is 9.59 Å². The van der Waals surface area contributed by atoms with Crippen molar-refractivity contribution in [3.63, 3.8) is 0 Å². The molecular weight excluding hydrogens is 372 g/mol. The first-order valence-electron chi connectivity index (χ1n) is 9.62. The molecule has 1 atom stereocenters. The Morgan fingerprint density at radius 1 is 1.29 bits per heavy atom. The van der Waals surface area contributed by atoms with E-state index in [1.165, 1.54) is 24.6 Å². The number of pyridine rings is 1. The fourth-order valence-corrected chi connectivity index (χ4v) is 4.47. The first-order chi connectivity index (χ1) is 13.5. The van der Waals surface area contributed by atoms with E-state index in [-0.39, 0.29) is 17.1 Å². The lowest BCUT2D eigenvalue weighted by Gasteiger charge is -2.22. The fraction of sp³-hybridized carbons (Fsp3) is 0.381. The van der Waals surface area contributed by atoms with Crippen molar-refractivity contribution in [2.75, 3.05) is 23.3 Å². The highest BCUT2D eigenvalue weighted by Crippen LogP contribution is 2.36. The van der Waals surface area contributed by atoms with Crippen molar-refractivity contribution in [2.45, 2.75) is 43.4 Å². The molecule has 6 nitrogen and oxygen atoms in total. The van der Waals surface area contributed by atoms with Crippen LogP contribution in [-0.2, 0) is 11.3 Å². The van der Waals surface area contributed by atoms with Gasteiger partial charge < -0.3 is 15.5 Å². The van der Waals surface area contributed by atoms with Crippen molar-refractivity contribution in [3.05, 3.63) is 47.2 Å². The summed E-state index contributed by atoms with van der Waals surface area (Å²) in [7, 11) is 0. The summed E-state index contributed by atoms with van der Waals surface area (Å²) in [5.74, 6) is 0.783. The smallest absolute Gasteiger partial charge is 0.251 e. The molecule has 0 radical (unpaired) electrons. The first kappa shape index (κ1) is 18.8. The van der Waals surface area contributed by atoms with E-state index in [2.05, 4.69) is 15.5 Å². The predicted molar refractivity (Wildman–Crippen MR) is 112 cm³/mol. The molecule has 0 aliphatic carbocycles. The van der Waals surface area contributed by atoms with E-state index in [4.69, 9.17) is 4.98 Å². The van der Waals surface area contributed by atoms with Crippen molar-refractivity contribution >= 4 is 35.1 Å². The van der Waals surface area contributed by atoms with Crippen LogP contribution in [0, 0.1) is 6.92 Å². The van der Waals surface area contributed by atoms with Gasteiger partial charge in [-0.2, -0.15) is 0 Å². The number of hydrogen-bond donors (Lipinski definition) is 2. The van der Waals surface area contributed by atoms with Crippen LogP contribution in [0.2, 0.25) is 0 Å². The number of hydrogen-bond acceptors (Lipinski definition) is 5. The second-order valence-corrected chi connectivity index (χ2v) is 8.66. The predicted octanol–water partition coefficient (Wildman–Crippen LogP) is 3.35. The molecule has 4 rings (SSSR count). The monoisotopic (exact) mass is 396 g/mol. The van der Waals surface area contributed by atoms with Crippen molar-refractivity contribution < 1.29 is 9.59 Å². The van der Waals surface area contributed by atoms with Gasteiger partial charge >= 0.3 is 0 Å². The van der Waals surface area contributed by atoms with Gasteiger partial charge in [-0.05, 0) is 51.0 Å². The Hall–Kier alpha value is -2.54. The van der Waals surface area contributed by atoms with Gasteiger partial charge in [-0.1, -0.05) is 6.07 Å². The summed E-state index contributed by atoms with van der Waals surface area (Å²) >= 11 is 1.51. The number of carbonyl (C=O) groups excluding carboxylic acids is 2. The largest absolute Gasteiger partial charge is 0.356 e. The Kier molecular flexibility index (Phi) is 5.26. The summed E-state index contributed by atoms with van der Waals surface area (Å²) in [5.41, 5.74) is 3.25.